The fourth-order valence-electron chi connectivity index (χ4n) is 3.60. The Bertz CT molecular complexity index is 443. The first kappa shape index (κ1) is 16.4. The Labute approximate surface area is 128 Å². The Morgan fingerprint density at radius 2 is 2.00 bits per heavy atom. The van der Waals surface area contributed by atoms with Crippen LogP contribution in [-0.4, -0.2) is 19.8 Å². The average molecular weight is 293 g/mol. The van der Waals surface area contributed by atoms with E-state index in [2.05, 4.69) is 5.32 Å². The van der Waals surface area contributed by atoms with Gasteiger partial charge >= 0.3 is 0 Å². The molecule has 1 aromatic carbocycles. The van der Waals surface area contributed by atoms with Crippen LogP contribution in [0.3, 0.4) is 0 Å². The highest BCUT2D eigenvalue weighted by molar-refractivity contribution is 5.30. The quantitative estimate of drug-likeness (QED) is 0.840. The Balaban J connectivity index is 2.27. The molecule has 118 valence electrons. The van der Waals surface area contributed by atoms with Gasteiger partial charge in [0.2, 0.25) is 0 Å². The van der Waals surface area contributed by atoms with Crippen LogP contribution in [0.4, 0.5) is 4.39 Å². The van der Waals surface area contributed by atoms with E-state index in [1.807, 2.05) is 27.0 Å². The van der Waals surface area contributed by atoms with Gasteiger partial charge in [-0.3, -0.25) is 0 Å². The lowest BCUT2D eigenvalue weighted by atomic mass is 9.80. The molecular weight excluding hydrogens is 265 g/mol. The number of halogens is 1. The zero-order valence-electron chi connectivity index (χ0n) is 13.5. The molecule has 1 fully saturated rings. The van der Waals surface area contributed by atoms with Crippen LogP contribution in [-0.2, 0) is 4.74 Å². The second-order valence-electron chi connectivity index (χ2n) is 6.09. The predicted molar refractivity (Wildman–Crippen MR) is 84.9 cm³/mol. The van der Waals surface area contributed by atoms with E-state index in [1.165, 1.54) is 38.2 Å². The summed E-state index contributed by atoms with van der Waals surface area (Å²) in [5.74, 6) is 0.397. The minimum atomic E-state index is -0.172. The standard InChI is InChI=1S/C18H28FNO/c1-4-21-18(14-8-6-5-7-9-14)17(20-3)16-12-15(19)11-10-13(16)2/h10-12,14,17-18,20H,4-9H2,1-3H3. The van der Waals surface area contributed by atoms with E-state index in [9.17, 15) is 4.39 Å². The molecule has 0 heterocycles. The van der Waals surface area contributed by atoms with Gasteiger partial charge in [-0.2, -0.15) is 0 Å². The van der Waals surface area contributed by atoms with Crippen molar-refractivity contribution < 1.29 is 9.13 Å². The van der Waals surface area contributed by atoms with Crippen LogP contribution in [0.25, 0.3) is 0 Å². The van der Waals surface area contributed by atoms with Gasteiger partial charge in [0.15, 0.2) is 0 Å². The molecule has 1 N–H and O–H groups in total. The lowest BCUT2D eigenvalue weighted by Crippen LogP contribution is -2.38. The van der Waals surface area contributed by atoms with Crippen LogP contribution in [0.2, 0.25) is 0 Å². The minimum absolute atomic E-state index is 0.0590. The molecule has 2 atom stereocenters. The summed E-state index contributed by atoms with van der Waals surface area (Å²) in [5, 5.41) is 3.38. The SMILES string of the molecule is CCOC(C1CCCCC1)C(NC)c1cc(F)ccc1C. The molecule has 0 bridgehead atoms. The first-order chi connectivity index (χ1) is 10.2. The zero-order valence-corrected chi connectivity index (χ0v) is 13.5. The third kappa shape index (κ3) is 4.04. The molecule has 2 rings (SSSR count). The maximum absolute atomic E-state index is 13.7. The van der Waals surface area contributed by atoms with Crippen LogP contribution in [0, 0.1) is 18.7 Å². The van der Waals surface area contributed by atoms with E-state index in [-0.39, 0.29) is 18.0 Å². The summed E-state index contributed by atoms with van der Waals surface area (Å²) >= 11 is 0. The largest absolute Gasteiger partial charge is 0.376 e. The third-order valence-corrected chi connectivity index (χ3v) is 4.69. The van der Waals surface area contributed by atoms with E-state index in [1.54, 1.807) is 6.07 Å². The third-order valence-electron chi connectivity index (χ3n) is 4.69. The van der Waals surface area contributed by atoms with Crippen molar-refractivity contribution in [1.82, 2.24) is 5.32 Å². The fraction of sp³-hybridized carbons (Fsp3) is 0.667. The van der Waals surface area contributed by atoms with E-state index in [4.69, 9.17) is 4.74 Å². The van der Waals surface area contributed by atoms with Gasteiger partial charge in [-0.25, -0.2) is 4.39 Å². The predicted octanol–water partition coefficient (Wildman–Crippen LogP) is 4.38. The Hall–Kier alpha value is -0.930. The Kier molecular flexibility index (Phi) is 6.19. The van der Waals surface area contributed by atoms with Crippen molar-refractivity contribution in [2.24, 2.45) is 5.92 Å². The summed E-state index contributed by atoms with van der Waals surface area (Å²) in [6.07, 6.45) is 6.47. The molecule has 2 unspecified atom stereocenters. The van der Waals surface area contributed by atoms with Crippen LogP contribution in [0.15, 0.2) is 18.2 Å². The number of rotatable bonds is 6. The molecule has 0 spiro atoms. The van der Waals surface area contributed by atoms with Crippen molar-refractivity contribution in [3.8, 4) is 0 Å². The highest BCUT2D eigenvalue weighted by Crippen LogP contribution is 2.35. The van der Waals surface area contributed by atoms with Crippen molar-refractivity contribution in [2.75, 3.05) is 13.7 Å². The van der Waals surface area contributed by atoms with E-state index >= 15 is 0 Å². The Morgan fingerprint density at radius 3 is 2.62 bits per heavy atom. The van der Waals surface area contributed by atoms with Crippen LogP contribution in [0.5, 0.6) is 0 Å². The van der Waals surface area contributed by atoms with Gasteiger partial charge in [-0.05, 0) is 62.9 Å². The van der Waals surface area contributed by atoms with Crippen LogP contribution >= 0.6 is 0 Å². The number of hydrogen-bond donors (Lipinski definition) is 1. The van der Waals surface area contributed by atoms with E-state index in [0.717, 1.165) is 11.1 Å². The van der Waals surface area contributed by atoms with E-state index < -0.39 is 0 Å². The summed E-state index contributed by atoms with van der Waals surface area (Å²) in [4.78, 5) is 0. The topological polar surface area (TPSA) is 21.3 Å². The number of aryl methyl sites for hydroxylation is 1. The van der Waals surface area contributed by atoms with Gasteiger partial charge in [0.25, 0.3) is 0 Å². The molecule has 2 nitrogen and oxygen atoms in total. The normalized spacial score (nSPS) is 19.4. The monoisotopic (exact) mass is 293 g/mol. The first-order valence-corrected chi connectivity index (χ1v) is 8.22. The highest BCUT2D eigenvalue weighted by Gasteiger charge is 2.32. The van der Waals surface area contributed by atoms with Crippen molar-refractivity contribution >= 4 is 0 Å². The van der Waals surface area contributed by atoms with Crippen molar-refractivity contribution in [3.05, 3.63) is 35.1 Å². The smallest absolute Gasteiger partial charge is 0.123 e. The number of ether oxygens (including phenoxy) is 1. The molecule has 21 heavy (non-hydrogen) atoms. The second-order valence-corrected chi connectivity index (χ2v) is 6.09. The molecule has 1 aromatic rings. The second kappa shape index (κ2) is 7.90. The number of nitrogens with one attached hydrogen (secondary N) is 1. The highest BCUT2D eigenvalue weighted by atomic mass is 19.1. The molecule has 1 saturated carbocycles. The summed E-state index contributed by atoms with van der Waals surface area (Å²) in [7, 11) is 1.95. The molecule has 0 amide bonds. The van der Waals surface area contributed by atoms with Gasteiger partial charge < -0.3 is 10.1 Å². The van der Waals surface area contributed by atoms with Gasteiger partial charge in [0.1, 0.15) is 5.82 Å². The Morgan fingerprint density at radius 1 is 1.29 bits per heavy atom. The molecule has 3 heteroatoms. The van der Waals surface area contributed by atoms with Gasteiger partial charge in [-0.15, -0.1) is 0 Å². The molecule has 1 aliphatic rings. The average Bonchev–Trinajstić information content (AvgIpc) is 2.51. The number of hydrogen-bond acceptors (Lipinski definition) is 2. The minimum Gasteiger partial charge on any atom is -0.376 e. The number of benzene rings is 1. The summed E-state index contributed by atoms with van der Waals surface area (Å²) < 4.78 is 19.8. The molecule has 0 aliphatic heterocycles. The van der Waals surface area contributed by atoms with Crippen LogP contribution in [0.1, 0.15) is 56.2 Å². The van der Waals surface area contributed by atoms with Crippen molar-refractivity contribution in [1.29, 1.82) is 0 Å². The number of likely N-dealkylation sites (N-methyl/N-ethyl adjacent to an activating group) is 1. The molecule has 0 saturated heterocycles. The first-order valence-electron chi connectivity index (χ1n) is 8.22. The van der Waals surface area contributed by atoms with Crippen molar-refractivity contribution in [2.45, 2.75) is 58.1 Å². The van der Waals surface area contributed by atoms with E-state index in [0.29, 0.717) is 12.5 Å². The van der Waals surface area contributed by atoms with Gasteiger partial charge in [0, 0.05) is 6.61 Å². The molecular formula is C18H28FNO. The lowest BCUT2D eigenvalue weighted by molar-refractivity contribution is -0.0169. The zero-order chi connectivity index (χ0) is 15.2. The van der Waals surface area contributed by atoms with Crippen LogP contribution < -0.4 is 5.32 Å². The fourth-order valence-corrected chi connectivity index (χ4v) is 3.60. The molecule has 0 aromatic heterocycles. The summed E-state index contributed by atoms with van der Waals surface area (Å²) in [6, 6.07) is 5.11. The van der Waals surface area contributed by atoms with Crippen molar-refractivity contribution in [3.63, 3.8) is 0 Å². The summed E-state index contributed by atoms with van der Waals surface area (Å²) in [6.45, 7) is 4.79. The van der Waals surface area contributed by atoms with Gasteiger partial charge in [-0.1, -0.05) is 25.3 Å². The maximum atomic E-state index is 13.7. The maximum Gasteiger partial charge on any atom is 0.123 e. The molecule has 0 radical (unpaired) electrons. The summed E-state index contributed by atoms with van der Waals surface area (Å²) in [5.41, 5.74) is 2.15. The lowest BCUT2D eigenvalue weighted by Gasteiger charge is -2.36. The van der Waals surface area contributed by atoms with Gasteiger partial charge in [0.05, 0.1) is 12.1 Å². The molecule has 1 aliphatic carbocycles.